The van der Waals surface area contributed by atoms with Crippen LogP contribution in [0.3, 0.4) is 0 Å². The van der Waals surface area contributed by atoms with E-state index in [0.717, 1.165) is 16.9 Å². The smallest absolute Gasteiger partial charge is 0.306 e. The summed E-state index contributed by atoms with van der Waals surface area (Å²) < 4.78 is 15.9. The van der Waals surface area contributed by atoms with Gasteiger partial charge in [-0.05, 0) is 49.2 Å². The van der Waals surface area contributed by atoms with E-state index in [9.17, 15) is 4.79 Å². The quantitative estimate of drug-likeness (QED) is 0.426. The number of esters is 1. The highest BCUT2D eigenvalue weighted by molar-refractivity contribution is 6.30. The largest absolute Gasteiger partial charge is 0.493 e. The van der Waals surface area contributed by atoms with Gasteiger partial charge in [0.2, 0.25) is 5.82 Å². The molecular formula is C19H18ClN3O4. The minimum atomic E-state index is -0.354. The maximum Gasteiger partial charge on any atom is 0.306 e. The zero-order chi connectivity index (χ0) is 19.1. The number of ether oxygens (including phenoxy) is 2. The van der Waals surface area contributed by atoms with Gasteiger partial charge in [0, 0.05) is 29.4 Å². The van der Waals surface area contributed by atoms with Gasteiger partial charge in [-0.1, -0.05) is 16.8 Å². The average Bonchev–Trinajstić information content (AvgIpc) is 3.15. The Morgan fingerprint density at radius 3 is 2.96 bits per heavy atom. The van der Waals surface area contributed by atoms with Crippen LogP contribution in [-0.4, -0.2) is 27.7 Å². The summed E-state index contributed by atoms with van der Waals surface area (Å²) in [5.74, 6) is 1.03. The predicted octanol–water partition coefficient (Wildman–Crippen LogP) is 4.00. The molecule has 0 bridgehead atoms. The highest BCUT2D eigenvalue weighted by Gasteiger charge is 2.11. The van der Waals surface area contributed by atoms with Gasteiger partial charge in [0.1, 0.15) is 5.75 Å². The number of pyridine rings is 1. The average molecular weight is 388 g/mol. The van der Waals surface area contributed by atoms with E-state index < -0.39 is 0 Å². The van der Waals surface area contributed by atoms with Crippen LogP contribution in [0.1, 0.15) is 24.3 Å². The van der Waals surface area contributed by atoms with Crippen LogP contribution in [0.4, 0.5) is 0 Å². The van der Waals surface area contributed by atoms with Gasteiger partial charge in [0.05, 0.1) is 6.61 Å². The number of hydrogen-bond donors (Lipinski definition) is 0. The molecule has 0 aliphatic heterocycles. The van der Waals surface area contributed by atoms with Crippen molar-refractivity contribution >= 4 is 17.6 Å². The van der Waals surface area contributed by atoms with Crippen LogP contribution in [-0.2, 0) is 16.1 Å². The van der Waals surface area contributed by atoms with Crippen LogP contribution in [0.15, 0.2) is 47.2 Å². The molecule has 0 fully saturated rings. The Bertz CT molecular complexity index is 899. The molecule has 27 heavy (non-hydrogen) atoms. The third-order valence-electron chi connectivity index (χ3n) is 3.66. The fourth-order valence-electron chi connectivity index (χ4n) is 2.31. The molecule has 0 spiro atoms. The lowest BCUT2D eigenvalue weighted by atomic mass is 10.2. The van der Waals surface area contributed by atoms with E-state index in [0.29, 0.717) is 23.9 Å². The molecule has 0 radical (unpaired) electrons. The number of hydrogen-bond acceptors (Lipinski definition) is 7. The highest BCUT2D eigenvalue weighted by Crippen LogP contribution is 2.22. The van der Waals surface area contributed by atoms with E-state index in [1.807, 2.05) is 25.1 Å². The van der Waals surface area contributed by atoms with Gasteiger partial charge < -0.3 is 14.0 Å². The Hall–Kier alpha value is -2.93. The topological polar surface area (TPSA) is 87.3 Å². The van der Waals surface area contributed by atoms with Crippen molar-refractivity contribution in [2.24, 2.45) is 0 Å². The summed E-state index contributed by atoms with van der Waals surface area (Å²) in [5, 5.41) is 4.50. The van der Waals surface area contributed by atoms with Crippen molar-refractivity contribution in [1.82, 2.24) is 15.1 Å². The van der Waals surface area contributed by atoms with Crippen molar-refractivity contribution in [3.05, 3.63) is 59.2 Å². The number of aryl methyl sites for hydroxylation is 1. The molecule has 0 amide bonds. The molecule has 3 rings (SSSR count). The monoisotopic (exact) mass is 387 g/mol. The van der Waals surface area contributed by atoms with Gasteiger partial charge in [-0.3, -0.25) is 9.78 Å². The standard InChI is InChI=1S/C19H18ClN3O4/c1-13-10-15(20)6-7-16(13)25-9-3-5-18(24)26-12-17-22-19(23-27-17)14-4-2-8-21-11-14/h2,4,6-8,10-11H,3,5,9,12H2,1H3. The van der Waals surface area contributed by atoms with Crippen LogP contribution < -0.4 is 4.74 Å². The van der Waals surface area contributed by atoms with Gasteiger partial charge in [-0.15, -0.1) is 0 Å². The summed E-state index contributed by atoms with van der Waals surface area (Å²) in [6.45, 7) is 2.26. The molecule has 8 heteroatoms. The van der Waals surface area contributed by atoms with Crippen LogP contribution in [0, 0.1) is 6.92 Å². The number of carbonyl (C=O) groups excluding carboxylic acids is 1. The first-order chi connectivity index (χ1) is 13.1. The molecule has 2 aromatic heterocycles. The Morgan fingerprint density at radius 2 is 2.19 bits per heavy atom. The number of carbonyl (C=O) groups is 1. The van der Waals surface area contributed by atoms with Crippen molar-refractivity contribution in [3.63, 3.8) is 0 Å². The van der Waals surface area contributed by atoms with E-state index in [1.54, 1.807) is 24.5 Å². The van der Waals surface area contributed by atoms with Gasteiger partial charge in [-0.2, -0.15) is 4.98 Å². The second kappa shape index (κ2) is 9.14. The second-order valence-electron chi connectivity index (χ2n) is 5.78. The first-order valence-corrected chi connectivity index (χ1v) is 8.77. The van der Waals surface area contributed by atoms with E-state index in [4.69, 9.17) is 25.6 Å². The maximum absolute atomic E-state index is 11.8. The van der Waals surface area contributed by atoms with Gasteiger partial charge in [-0.25, -0.2) is 0 Å². The minimum absolute atomic E-state index is 0.0662. The third kappa shape index (κ3) is 5.52. The molecular weight excluding hydrogens is 370 g/mol. The summed E-state index contributed by atoms with van der Waals surface area (Å²) >= 11 is 5.90. The molecule has 0 aliphatic rings. The summed E-state index contributed by atoms with van der Waals surface area (Å²) in [6.07, 6.45) is 4.05. The summed E-state index contributed by atoms with van der Waals surface area (Å²) in [5.41, 5.74) is 1.68. The molecule has 0 N–H and O–H groups in total. The van der Waals surface area contributed by atoms with Crippen LogP contribution in [0.2, 0.25) is 5.02 Å². The second-order valence-corrected chi connectivity index (χ2v) is 6.21. The molecule has 0 saturated heterocycles. The molecule has 0 saturated carbocycles. The molecule has 0 unspecified atom stereocenters. The van der Waals surface area contributed by atoms with Gasteiger partial charge >= 0.3 is 5.97 Å². The lowest BCUT2D eigenvalue weighted by molar-refractivity contribution is -0.146. The molecule has 3 aromatic rings. The van der Waals surface area contributed by atoms with E-state index in [2.05, 4.69) is 15.1 Å². The molecule has 1 aromatic carbocycles. The van der Waals surface area contributed by atoms with Crippen LogP contribution in [0.5, 0.6) is 5.75 Å². The predicted molar refractivity (Wildman–Crippen MR) is 98.2 cm³/mol. The lowest BCUT2D eigenvalue weighted by Gasteiger charge is -2.09. The van der Waals surface area contributed by atoms with Crippen molar-refractivity contribution < 1.29 is 18.8 Å². The molecule has 2 heterocycles. The van der Waals surface area contributed by atoms with E-state index >= 15 is 0 Å². The number of benzene rings is 1. The Balaban J connectivity index is 1.38. The Morgan fingerprint density at radius 1 is 1.30 bits per heavy atom. The molecule has 140 valence electrons. The van der Waals surface area contributed by atoms with Crippen LogP contribution in [0.25, 0.3) is 11.4 Å². The summed E-state index contributed by atoms with van der Waals surface area (Å²) in [7, 11) is 0. The third-order valence-corrected chi connectivity index (χ3v) is 3.90. The summed E-state index contributed by atoms with van der Waals surface area (Å²) in [4.78, 5) is 20.0. The maximum atomic E-state index is 11.8. The molecule has 0 aliphatic carbocycles. The van der Waals surface area contributed by atoms with Crippen molar-refractivity contribution in [2.75, 3.05) is 6.61 Å². The number of aromatic nitrogens is 3. The zero-order valence-corrected chi connectivity index (χ0v) is 15.5. The highest BCUT2D eigenvalue weighted by atomic mass is 35.5. The van der Waals surface area contributed by atoms with Crippen LogP contribution >= 0.6 is 11.6 Å². The molecule has 7 nitrogen and oxygen atoms in total. The minimum Gasteiger partial charge on any atom is -0.493 e. The van der Waals surface area contributed by atoms with Crippen molar-refractivity contribution in [1.29, 1.82) is 0 Å². The SMILES string of the molecule is Cc1cc(Cl)ccc1OCCCC(=O)OCc1nc(-c2cccnc2)no1. The number of rotatable bonds is 8. The van der Waals surface area contributed by atoms with Gasteiger partial charge in [0.15, 0.2) is 6.61 Å². The zero-order valence-electron chi connectivity index (χ0n) is 14.7. The summed E-state index contributed by atoms with van der Waals surface area (Å²) in [6, 6.07) is 9.00. The fourth-order valence-corrected chi connectivity index (χ4v) is 2.54. The Labute approximate surface area is 161 Å². The van der Waals surface area contributed by atoms with Crippen molar-refractivity contribution in [3.8, 4) is 17.1 Å². The molecule has 0 atom stereocenters. The normalized spacial score (nSPS) is 10.6. The van der Waals surface area contributed by atoms with Gasteiger partial charge in [0.25, 0.3) is 5.89 Å². The lowest BCUT2D eigenvalue weighted by Crippen LogP contribution is -2.07. The fraction of sp³-hybridized carbons (Fsp3) is 0.263. The van der Waals surface area contributed by atoms with E-state index in [1.165, 1.54) is 0 Å². The number of halogens is 1. The Kier molecular flexibility index (Phi) is 6.38. The first-order valence-electron chi connectivity index (χ1n) is 8.39. The van der Waals surface area contributed by atoms with E-state index in [-0.39, 0.29) is 24.9 Å². The first kappa shape index (κ1) is 18.8. The number of nitrogens with zero attached hydrogens (tertiary/aromatic N) is 3. The van der Waals surface area contributed by atoms with Crippen molar-refractivity contribution in [2.45, 2.75) is 26.4 Å².